The van der Waals surface area contributed by atoms with Crippen LogP contribution in [0.3, 0.4) is 0 Å². The Bertz CT molecular complexity index is 374. The summed E-state index contributed by atoms with van der Waals surface area (Å²) < 4.78 is 17.3. The van der Waals surface area contributed by atoms with Crippen LogP contribution in [0.1, 0.15) is 67.2 Å². The van der Waals surface area contributed by atoms with E-state index in [0.29, 0.717) is 18.4 Å². The maximum atomic E-state index is 12.0. The molecule has 0 aliphatic carbocycles. The summed E-state index contributed by atoms with van der Waals surface area (Å²) in [6.45, 7) is 13.6. The average Bonchev–Trinajstić information content (AvgIpc) is 2.53. The molecule has 0 saturated carbocycles. The normalized spacial score (nSPS) is 27.5. The van der Waals surface area contributed by atoms with Gasteiger partial charge in [0.15, 0.2) is 0 Å². The predicted octanol–water partition coefficient (Wildman–Crippen LogP) is 4.46. The van der Waals surface area contributed by atoms with E-state index in [0.717, 1.165) is 25.9 Å². The molecule has 0 bridgehead atoms. The molecular formula is C20H38O4. The number of hydrogen-bond acceptors (Lipinski definition) is 4. The highest BCUT2D eigenvalue weighted by Crippen LogP contribution is 2.34. The average molecular weight is 343 g/mol. The van der Waals surface area contributed by atoms with E-state index in [4.69, 9.17) is 14.2 Å². The van der Waals surface area contributed by atoms with Gasteiger partial charge in [-0.3, -0.25) is 4.79 Å². The SMILES string of the molecule is CC[C@@H](COC(=O)C(C)(C)C)[C@H]1CC[C@H](C)[C@H]([C@@H](C)CCOC)O1. The molecule has 0 spiro atoms. The fourth-order valence-corrected chi connectivity index (χ4v) is 3.39. The largest absolute Gasteiger partial charge is 0.465 e. The van der Waals surface area contributed by atoms with Crippen LogP contribution in [0.2, 0.25) is 0 Å². The fourth-order valence-electron chi connectivity index (χ4n) is 3.39. The molecule has 24 heavy (non-hydrogen) atoms. The van der Waals surface area contributed by atoms with Gasteiger partial charge < -0.3 is 14.2 Å². The van der Waals surface area contributed by atoms with Crippen LogP contribution in [-0.4, -0.2) is 38.5 Å². The van der Waals surface area contributed by atoms with Crippen molar-refractivity contribution in [3.63, 3.8) is 0 Å². The second-order valence-corrected chi connectivity index (χ2v) is 8.47. The number of methoxy groups -OCH3 is 1. The van der Waals surface area contributed by atoms with Gasteiger partial charge in [-0.1, -0.05) is 20.8 Å². The zero-order chi connectivity index (χ0) is 18.3. The second kappa shape index (κ2) is 9.76. The topological polar surface area (TPSA) is 44.8 Å². The number of carbonyl (C=O) groups is 1. The highest BCUT2D eigenvalue weighted by Gasteiger charge is 2.36. The molecule has 1 aliphatic rings. The minimum atomic E-state index is -0.447. The van der Waals surface area contributed by atoms with Crippen LogP contribution >= 0.6 is 0 Å². The monoisotopic (exact) mass is 342 g/mol. The Morgan fingerprint density at radius 1 is 1.29 bits per heavy atom. The van der Waals surface area contributed by atoms with Gasteiger partial charge in [-0.05, 0) is 58.3 Å². The molecule has 1 saturated heterocycles. The van der Waals surface area contributed by atoms with E-state index >= 15 is 0 Å². The Labute approximate surface area is 148 Å². The summed E-state index contributed by atoms with van der Waals surface area (Å²) in [7, 11) is 1.75. The molecule has 0 amide bonds. The predicted molar refractivity (Wildman–Crippen MR) is 96.9 cm³/mol. The summed E-state index contributed by atoms with van der Waals surface area (Å²) in [5.74, 6) is 1.20. The lowest BCUT2D eigenvalue weighted by Crippen LogP contribution is -2.43. The van der Waals surface area contributed by atoms with E-state index in [9.17, 15) is 4.79 Å². The number of carbonyl (C=O) groups excluding carboxylic acids is 1. The molecule has 0 radical (unpaired) electrons. The lowest BCUT2D eigenvalue weighted by molar-refractivity contribution is -0.162. The number of rotatable bonds is 8. The van der Waals surface area contributed by atoms with Crippen LogP contribution in [0, 0.1) is 23.2 Å². The minimum absolute atomic E-state index is 0.129. The third kappa shape index (κ3) is 6.36. The van der Waals surface area contributed by atoms with Crippen LogP contribution in [0.4, 0.5) is 0 Å². The van der Waals surface area contributed by atoms with Gasteiger partial charge in [0.05, 0.1) is 24.2 Å². The van der Waals surface area contributed by atoms with Crippen molar-refractivity contribution in [3.05, 3.63) is 0 Å². The molecule has 1 fully saturated rings. The third-order valence-corrected chi connectivity index (χ3v) is 5.23. The molecule has 0 unspecified atom stereocenters. The Kier molecular flexibility index (Phi) is 8.72. The van der Waals surface area contributed by atoms with Crippen LogP contribution in [0.25, 0.3) is 0 Å². The molecule has 0 aromatic carbocycles. The summed E-state index contributed by atoms with van der Waals surface area (Å²) in [6.07, 6.45) is 4.68. The van der Waals surface area contributed by atoms with Crippen molar-refractivity contribution in [1.82, 2.24) is 0 Å². The summed E-state index contributed by atoms with van der Waals surface area (Å²) >= 11 is 0. The van der Waals surface area contributed by atoms with E-state index < -0.39 is 5.41 Å². The molecule has 1 rings (SSSR count). The zero-order valence-electron chi connectivity index (χ0n) is 16.8. The van der Waals surface area contributed by atoms with Gasteiger partial charge >= 0.3 is 5.97 Å². The summed E-state index contributed by atoms with van der Waals surface area (Å²) in [4.78, 5) is 12.0. The molecule has 1 heterocycles. The highest BCUT2D eigenvalue weighted by atomic mass is 16.5. The van der Waals surface area contributed by atoms with Gasteiger partial charge in [0.2, 0.25) is 0 Å². The number of esters is 1. The maximum absolute atomic E-state index is 12.0. The van der Waals surface area contributed by atoms with Crippen molar-refractivity contribution in [1.29, 1.82) is 0 Å². The molecule has 142 valence electrons. The quantitative estimate of drug-likeness (QED) is 0.611. The van der Waals surface area contributed by atoms with Crippen molar-refractivity contribution in [2.75, 3.05) is 20.3 Å². The number of hydrogen-bond donors (Lipinski definition) is 0. The maximum Gasteiger partial charge on any atom is 0.311 e. The summed E-state index contributed by atoms with van der Waals surface area (Å²) in [5, 5.41) is 0. The van der Waals surface area contributed by atoms with Gasteiger partial charge in [0.25, 0.3) is 0 Å². The molecule has 0 N–H and O–H groups in total. The minimum Gasteiger partial charge on any atom is -0.465 e. The van der Waals surface area contributed by atoms with Gasteiger partial charge in [0, 0.05) is 19.6 Å². The van der Waals surface area contributed by atoms with Crippen LogP contribution < -0.4 is 0 Å². The van der Waals surface area contributed by atoms with Gasteiger partial charge in [-0.25, -0.2) is 0 Å². The first-order valence-electron chi connectivity index (χ1n) is 9.52. The molecule has 1 aliphatic heterocycles. The van der Waals surface area contributed by atoms with Crippen molar-refractivity contribution in [2.45, 2.75) is 79.4 Å². The molecule has 4 heteroatoms. The third-order valence-electron chi connectivity index (χ3n) is 5.23. The summed E-state index contributed by atoms with van der Waals surface area (Å²) in [5.41, 5.74) is -0.447. The van der Waals surface area contributed by atoms with E-state index in [-0.39, 0.29) is 24.1 Å². The van der Waals surface area contributed by atoms with Crippen molar-refractivity contribution in [3.8, 4) is 0 Å². The molecule has 4 nitrogen and oxygen atoms in total. The number of ether oxygens (including phenoxy) is 3. The smallest absolute Gasteiger partial charge is 0.311 e. The molecule has 5 atom stereocenters. The van der Waals surface area contributed by atoms with Crippen LogP contribution in [0.15, 0.2) is 0 Å². The van der Waals surface area contributed by atoms with Gasteiger partial charge in [-0.15, -0.1) is 0 Å². The first kappa shape index (κ1) is 21.4. The van der Waals surface area contributed by atoms with E-state index in [2.05, 4.69) is 20.8 Å². The first-order valence-corrected chi connectivity index (χ1v) is 9.52. The van der Waals surface area contributed by atoms with Crippen molar-refractivity contribution in [2.24, 2.45) is 23.2 Å². The molecule has 0 aromatic heterocycles. The van der Waals surface area contributed by atoms with E-state index in [1.807, 2.05) is 20.8 Å². The first-order chi connectivity index (χ1) is 11.2. The zero-order valence-corrected chi connectivity index (χ0v) is 16.8. The van der Waals surface area contributed by atoms with E-state index in [1.165, 1.54) is 6.42 Å². The van der Waals surface area contributed by atoms with Crippen molar-refractivity contribution < 1.29 is 19.0 Å². The second-order valence-electron chi connectivity index (χ2n) is 8.47. The van der Waals surface area contributed by atoms with E-state index in [1.54, 1.807) is 7.11 Å². The Hall–Kier alpha value is -0.610. The van der Waals surface area contributed by atoms with Crippen LogP contribution in [0.5, 0.6) is 0 Å². The Morgan fingerprint density at radius 2 is 1.96 bits per heavy atom. The van der Waals surface area contributed by atoms with Gasteiger partial charge in [0.1, 0.15) is 0 Å². The molecule has 0 aromatic rings. The highest BCUT2D eigenvalue weighted by molar-refractivity contribution is 5.75. The van der Waals surface area contributed by atoms with Gasteiger partial charge in [-0.2, -0.15) is 0 Å². The standard InChI is InChI=1S/C20H38O4/c1-8-16(13-23-19(21)20(4,5)6)17-10-9-14(2)18(24-17)15(3)11-12-22-7/h14-18H,8-13H2,1-7H3/t14-,15-,16-,17+,18+/m0/s1. The lowest BCUT2D eigenvalue weighted by Gasteiger charge is -2.41. The fraction of sp³-hybridized carbons (Fsp3) is 0.950. The summed E-state index contributed by atoms with van der Waals surface area (Å²) in [6, 6.07) is 0. The Balaban J connectivity index is 2.61. The van der Waals surface area contributed by atoms with Crippen molar-refractivity contribution >= 4 is 5.97 Å². The van der Waals surface area contributed by atoms with Crippen LogP contribution in [-0.2, 0) is 19.0 Å². The Morgan fingerprint density at radius 3 is 2.50 bits per heavy atom. The lowest BCUT2D eigenvalue weighted by atomic mass is 9.82. The molecular weight excluding hydrogens is 304 g/mol.